The molecule has 0 aromatic heterocycles. The Kier molecular flexibility index (Phi) is 3.14. The molecule has 1 heterocycles. The molecule has 5 heteroatoms. The summed E-state index contributed by atoms with van der Waals surface area (Å²) < 4.78 is 0. The summed E-state index contributed by atoms with van der Waals surface area (Å²) in [4.78, 5) is 14.0. The molecule has 1 aromatic rings. The smallest absolute Gasteiger partial charge is 0.228 e. The second-order valence-corrected chi connectivity index (χ2v) is 4.97. The van der Waals surface area contributed by atoms with Gasteiger partial charge in [0.25, 0.3) is 0 Å². The molecule has 80 valence electrons. The summed E-state index contributed by atoms with van der Waals surface area (Å²) in [6.45, 7) is 0.522. The van der Waals surface area contributed by atoms with Gasteiger partial charge in [-0.15, -0.1) is 24.2 Å². The number of carbonyl (C=O) groups is 1. The molecule has 15 heavy (non-hydrogen) atoms. The van der Waals surface area contributed by atoms with E-state index in [9.17, 15) is 4.79 Å². The maximum atomic E-state index is 11.6. The summed E-state index contributed by atoms with van der Waals surface area (Å²) in [5.74, 6) is 0.0209. The van der Waals surface area contributed by atoms with Gasteiger partial charge in [0.2, 0.25) is 5.91 Å². The van der Waals surface area contributed by atoms with Crippen molar-refractivity contribution in [3.05, 3.63) is 23.2 Å². The van der Waals surface area contributed by atoms with E-state index < -0.39 is 0 Å². The fraction of sp³-hybridized carbons (Fsp3) is 0.300. The van der Waals surface area contributed by atoms with Gasteiger partial charge in [-0.25, -0.2) is 0 Å². The van der Waals surface area contributed by atoms with E-state index in [2.05, 4.69) is 12.6 Å². The average molecular weight is 262 g/mol. The molecular formula is C10H9Cl2NOS. The van der Waals surface area contributed by atoms with Crippen LogP contribution in [-0.2, 0) is 4.79 Å². The summed E-state index contributed by atoms with van der Waals surface area (Å²) in [5, 5.41) is 0.470. The Hall–Kier alpha value is -0.380. The maximum absolute atomic E-state index is 11.6. The minimum Gasteiger partial charge on any atom is -0.310 e. The molecule has 0 N–H and O–H groups in total. The van der Waals surface area contributed by atoms with Crippen molar-refractivity contribution in [3.8, 4) is 0 Å². The van der Waals surface area contributed by atoms with E-state index in [1.54, 1.807) is 23.1 Å². The van der Waals surface area contributed by atoms with Crippen LogP contribution >= 0.6 is 35.8 Å². The van der Waals surface area contributed by atoms with Gasteiger partial charge in [-0.3, -0.25) is 4.79 Å². The third-order valence-corrected chi connectivity index (χ3v) is 3.21. The van der Waals surface area contributed by atoms with Gasteiger partial charge < -0.3 is 4.90 Å². The van der Waals surface area contributed by atoms with E-state index in [4.69, 9.17) is 23.2 Å². The van der Waals surface area contributed by atoms with Crippen molar-refractivity contribution in [2.24, 2.45) is 0 Å². The molecule has 1 fully saturated rings. The van der Waals surface area contributed by atoms with E-state index in [0.717, 1.165) is 10.6 Å². The summed E-state index contributed by atoms with van der Waals surface area (Å²) in [7, 11) is 0. The second-order valence-electron chi connectivity index (χ2n) is 3.44. The fourth-order valence-corrected chi connectivity index (χ4v) is 2.31. The molecular weight excluding hydrogens is 253 g/mol. The summed E-state index contributed by atoms with van der Waals surface area (Å²) in [5.41, 5.74) is 0.735. The quantitative estimate of drug-likeness (QED) is 0.609. The van der Waals surface area contributed by atoms with Crippen LogP contribution in [0.3, 0.4) is 0 Å². The van der Waals surface area contributed by atoms with Crippen molar-refractivity contribution in [1.82, 2.24) is 0 Å². The van der Waals surface area contributed by atoms with E-state index in [1.165, 1.54) is 0 Å². The molecule has 1 aliphatic rings. The van der Waals surface area contributed by atoms with Crippen LogP contribution < -0.4 is 4.90 Å². The minimum atomic E-state index is -0.121. The van der Waals surface area contributed by atoms with Crippen molar-refractivity contribution in [1.29, 1.82) is 0 Å². The Morgan fingerprint density at radius 2 is 2.20 bits per heavy atom. The highest BCUT2D eigenvalue weighted by molar-refractivity contribution is 7.80. The highest BCUT2D eigenvalue weighted by Crippen LogP contribution is 2.31. The number of nitrogens with zero attached hydrogens (tertiary/aromatic N) is 1. The Balaban J connectivity index is 2.37. The lowest BCUT2D eigenvalue weighted by Gasteiger charge is -2.18. The largest absolute Gasteiger partial charge is 0.310 e. The monoisotopic (exact) mass is 261 g/mol. The SMILES string of the molecule is O=C1CC(Cl)CN1c1cc(Cl)ccc1S. The number of hydrogen-bond donors (Lipinski definition) is 1. The van der Waals surface area contributed by atoms with E-state index in [0.29, 0.717) is 18.0 Å². The summed E-state index contributed by atoms with van der Waals surface area (Å²) >= 11 is 16.1. The molecule has 1 aliphatic heterocycles. The van der Waals surface area contributed by atoms with Crippen molar-refractivity contribution in [2.75, 3.05) is 11.4 Å². The van der Waals surface area contributed by atoms with Gasteiger partial charge in [0.15, 0.2) is 0 Å². The van der Waals surface area contributed by atoms with Crippen molar-refractivity contribution in [2.45, 2.75) is 16.7 Å². The van der Waals surface area contributed by atoms with Crippen molar-refractivity contribution >= 4 is 47.4 Å². The van der Waals surface area contributed by atoms with Crippen LogP contribution in [0, 0.1) is 0 Å². The molecule has 0 bridgehead atoms. The molecule has 0 saturated carbocycles. The van der Waals surface area contributed by atoms with Crippen LogP contribution in [0.1, 0.15) is 6.42 Å². The van der Waals surface area contributed by atoms with Crippen LogP contribution in [0.2, 0.25) is 5.02 Å². The maximum Gasteiger partial charge on any atom is 0.228 e. The molecule has 0 aliphatic carbocycles. The predicted molar refractivity (Wildman–Crippen MR) is 65.3 cm³/mol. The van der Waals surface area contributed by atoms with Crippen LogP contribution in [0.4, 0.5) is 5.69 Å². The van der Waals surface area contributed by atoms with E-state index in [1.807, 2.05) is 0 Å². The highest BCUT2D eigenvalue weighted by atomic mass is 35.5. The molecule has 2 rings (SSSR count). The lowest BCUT2D eigenvalue weighted by Crippen LogP contribution is -2.24. The number of hydrogen-bond acceptors (Lipinski definition) is 2. The summed E-state index contributed by atoms with van der Waals surface area (Å²) in [6.07, 6.45) is 0.376. The third-order valence-electron chi connectivity index (χ3n) is 2.31. The Morgan fingerprint density at radius 1 is 1.47 bits per heavy atom. The van der Waals surface area contributed by atoms with Gasteiger partial charge in [-0.05, 0) is 18.2 Å². The van der Waals surface area contributed by atoms with Gasteiger partial charge in [-0.2, -0.15) is 0 Å². The molecule has 1 atom stereocenters. The molecule has 1 unspecified atom stereocenters. The van der Waals surface area contributed by atoms with Crippen LogP contribution in [0.5, 0.6) is 0 Å². The normalized spacial score (nSPS) is 21.1. The number of benzene rings is 1. The van der Waals surface area contributed by atoms with Gasteiger partial charge in [-0.1, -0.05) is 11.6 Å². The van der Waals surface area contributed by atoms with Crippen LogP contribution in [0.25, 0.3) is 0 Å². The van der Waals surface area contributed by atoms with E-state index >= 15 is 0 Å². The zero-order valence-electron chi connectivity index (χ0n) is 7.78. The topological polar surface area (TPSA) is 20.3 Å². The van der Waals surface area contributed by atoms with Gasteiger partial charge >= 0.3 is 0 Å². The standard InChI is InChI=1S/C10H9Cl2NOS/c11-6-1-2-9(15)8(3-6)13-5-7(12)4-10(13)14/h1-3,7,15H,4-5H2. The second kappa shape index (κ2) is 4.24. The van der Waals surface area contributed by atoms with E-state index in [-0.39, 0.29) is 11.3 Å². The fourth-order valence-electron chi connectivity index (χ4n) is 1.61. The van der Waals surface area contributed by atoms with Crippen LogP contribution in [0.15, 0.2) is 23.1 Å². The first-order valence-electron chi connectivity index (χ1n) is 4.51. The molecule has 1 aromatic carbocycles. The van der Waals surface area contributed by atoms with Crippen molar-refractivity contribution < 1.29 is 4.79 Å². The number of amides is 1. The molecule has 2 nitrogen and oxygen atoms in total. The Morgan fingerprint density at radius 3 is 2.80 bits per heavy atom. The zero-order chi connectivity index (χ0) is 11.0. The van der Waals surface area contributed by atoms with Crippen molar-refractivity contribution in [3.63, 3.8) is 0 Å². The summed E-state index contributed by atoms with van der Waals surface area (Å²) in [6, 6.07) is 5.25. The molecule has 0 radical (unpaired) electrons. The van der Waals surface area contributed by atoms with Gasteiger partial charge in [0.1, 0.15) is 0 Å². The molecule has 1 amide bonds. The highest BCUT2D eigenvalue weighted by Gasteiger charge is 2.30. The molecule has 1 saturated heterocycles. The Bertz CT molecular complexity index is 410. The number of halogens is 2. The number of alkyl halides is 1. The minimum absolute atomic E-state index is 0.0209. The van der Waals surface area contributed by atoms with Crippen LogP contribution in [-0.4, -0.2) is 17.8 Å². The zero-order valence-corrected chi connectivity index (χ0v) is 10.2. The lowest BCUT2D eigenvalue weighted by atomic mass is 10.3. The van der Waals surface area contributed by atoms with Gasteiger partial charge in [0, 0.05) is 22.9 Å². The first-order valence-corrected chi connectivity index (χ1v) is 5.77. The number of anilines is 1. The van der Waals surface area contributed by atoms with Gasteiger partial charge in [0.05, 0.1) is 11.1 Å². The number of rotatable bonds is 1. The predicted octanol–water partition coefficient (Wildman–Crippen LogP) is 2.97. The average Bonchev–Trinajstić information content (AvgIpc) is 2.50. The third kappa shape index (κ3) is 2.25. The first kappa shape index (κ1) is 11.1. The lowest BCUT2D eigenvalue weighted by molar-refractivity contribution is -0.117. The first-order chi connectivity index (χ1) is 7.08. The Labute approximate surface area is 104 Å². The molecule has 0 spiro atoms. The number of thiol groups is 1. The number of carbonyl (C=O) groups excluding carboxylic acids is 1.